The molecule has 0 spiro atoms. The standard InChI is InChI=1S/C20H43NO5Si2/c1-19(2,3)27(7,8)25-15-13-21(17(22)11-12-18(23)24)14-16-26-28(9,10)20(4,5)6/h11-16H2,1-10H3,(H,23,24). The highest BCUT2D eigenvalue weighted by Gasteiger charge is 2.38. The summed E-state index contributed by atoms with van der Waals surface area (Å²) in [6.45, 7) is 23.7. The number of amides is 1. The molecule has 8 heteroatoms. The Morgan fingerprint density at radius 2 is 1.14 bits per heavy atom. The molecule has 0 bridgehead atoms. The van der Waals surface area contributed by atoms with Crippen molar-refractivity contribution in [3.05, 3.63) is 0 Å². The number of carbonyl (C=O) groups excluding carboxylic acids is 1. The number of carboxylic acid groups (broad SMARTS) is 1. The van der Waals surface area contributed by atoms with Gasteiger partial charge in [-0.15, -0.1) is 0 Å². The molecule has 6 nitrogen and oxygen atoms in total. The number of carbonyl (C=O) groups is 2. The number of hydrogen-bond acceptors (Lipinski definition) is 4. The molecule has 0 heterocycles. The quantitative estimate of drug-likeness (QED) is 0.477. The van der Waals surface area contributed by atoms with Gasteiger partial charge in [0.15, 0.2) is 16.6 Å². The molecule has 0 aromatic carbocycles. The minimum atomic E-state index is -1.89. The summed E-state index contributed by atoms with van der Waals surface area (Å²) in [5.41, 5.74) is 0. The molecular formula is C20H43NO5Si2. The number of aliphatic carboxylic acids is 1. The van der Waals surface area contributed by atoms with E-state index in [0.29, 0.717) is 26.3 Å². The van der Waals surface area contributed by atoms with Gasteiger partial charge in [0, 0.05) is 19.5 Å². The second-order valence-electron chi connectivity index (χ2n) is 10.5. The van der Waals surface area contributed by atoms with Crippen molar-refractivity contribution in [3.8, 4) is 0 Å². The Balaban J connectivity index is 4.89. The summed E-state index contributed by atoms with van der Waals surface area (Å²) in [7, 11) is -3.77. The van der Waals surface area contributed by atoms with Gasteiger partial charge in [-0.3, -0.25) is 9.59 Å². The molecule has 0 radical (unpaired) electrons. The van der Waals surface area contributed by atoms with E-state index in [0.717, 1.165) is 0 Å². The van der Waals surface area contributed by atoms with Crippen molar-refractivity contribution in [1.82, 2.24) is 4.90 Å². The predicted molar refractivity (Wildman–Crippen MR) is 120 cm³/mol. The monoisotopic (exact) mass is 433 g/mol. The lowest BCUT2D eigenvalue weighted by Gasteiger charge is -2.38. The maximum Gasteiger partial charge on any atom is 0.303 e. The van der Waals surface area contributed by atoms with Gasteiger partial charge in [0.2, 0.25) is 5.91 Å². The van der Waals surface area contributed by atoms with Crippen LogP contribution >= 0.6 is 0 Å². The van der Waals surface area contributed by atoms with Crippen LogP contribution < -0.4 is 0 Å². The van der Waals surface area contributed by atoms with Crippen molar-refractivity contribution in [1.29, 1.82) is 0 Å². The van der Waals surface area contributed by atoms with Gasteiger partial charge in [-0.1, -0.05) is 41.5 Å². The van der Waals surface area contributed by atoms with Crippen LogP contribution in [0.4, 0.5) is 0 Å². The molecule has 0 aromatic rings. The lowest BCUT2D eigenvalue weighted by molar-refractivity contribution is -0.141. The fourth-order valence-electron chi connectivity index (χ4n) is 1.99. The van der Waals surface area contributed by atoms with Crippen molar-refractivity contribution in [2.24, 2.45) is 0 Å². The Labute approximate surface area is 174 Å². The molecular weight excluding hydrogens is 390 g/mol. The van der Waals surface area contributed by atoms with Gasteiger partial charge in [0.1, 0.15) is 0 Å². The molecule has 0 aliphatic carbocycles. The molecule has 0 fully saturated rings. The second kappa shape index (κ2) is 10.4. The van der Waals surface area contributed by atoms with Crippen LogP contribution in [0.15, 0.2) is 0 Å². The normalized spacial score (nSPS) is 13.5. The average Bonchev–Trinajstić information content (AvgIpc) is 2.48. The minimum absolute atomic E-state index is 0.00944. The fraction of sp³-hybridized carbons (Fsp3) is 0.900. The number of carboxylic acids is 1. The minimum Gasteiger partial charge on any atom is -0.481 e. The van der Waals surface area contributed by atoms with Gasteiger partial charge in [-0.2, -0.15) is 0 Å². The van der Waals surface area contributed by atoms with E-state index in [1.807, 2.05) is 0 Å². The molecule has 0 unspecified atom stereocenters. The van der Waals surface area contributed by atoms with Crippen LogP contribution in [0.5, 0.6) is 0 Å². The molecule has 1 amide bonds. The molecule has 28 heavy (non-hydrogen) atoms. The Morgan fingerprint density at radius 1 is 0.786 bits per heavy atom. The van der Waals surface area contributed by atoms with Gasteiger partial charge in [0.25, 0.3) is 0 Å². The van der Waals surface area contributed by atoms with Crippen LogP contribution in [-0.4, -0.2) is 64.8 Å². The van der Waals surface area contributed by atoms with Crippen molar-refractivity contribution < 1.29 is 23.5 Å². The zero-order valence-electron chi connectivity index (χ0n) is 19.8. The Hall–Kier alpha value is -0.706. The van der Waals surface area contributed by atoms with Gasteiger partial charge < -0.3 is 18.9 Å². The van der Waals surface area contributed by atoms with Gasteiger partial charge in [0.05, 0.1) is 19.6 Å². The molecule has 0 aromatic heterocycles. The molecule has 0 rings (SSSR count). The topological polar surface area (TPSA) is 76.1 Å². The maximum absolute atomic E-state index is 12.5. The third kappa shape index (κ3) is 9.19. The Morgan fingerprint density at radius 3 is 1.43 bits per heavy atom. The lowest BCUT2D eigenvalue weighted by atomic mass is 10.2. The van der Waals surface area contributed by atoms with Crippen LogP contribution in [0.25, 0.3) is 0 Å². The average molecular weight is 434 g/mol. The van der Waals surface area contributed by atoms with E-state index in [2.05, 4.69) is 67.7 Å². The number of nitrogens with zero attached hydrogens (tertiary/aromatic N) is 1. The van der Waals surface area contributed by atoms with Crippen LogP contribution in [0, 0.1) is 0 Å². The maximum atomic E-state index is 12.5. The van der Waals surface area contributed by atoms with E-state index < -0.39 is 22.6 Å². The fourth-order valence-corrected chi connectivity index (χ4v) is 4.06. The first-order valence-corrected chi connectivity index (χ1v) is 16.0. The van der Waals surface area contributed by atoms with Crippen molar-refractivity contribution in [2.45, 2.75) is 90.6 Å². The third-order valence-corrected chi connectivity index (χ3v) is 15.2. The summed E-state index contributed by atoms with van der Waals surface area (Å²) in [5, 5.41) is 9.10. The summed E-state index contributed by atoms with van der Waals surface area (Å²) in [6.07, 6.45) is -0.142. The summed E-state index contributed by atoms with van der Waals surface area (Å²) >= 11 is 0. The number of hydrogen-bond donors (Lipinski definition) is 1. The summed E-state index contributed by atoms with van der Waals surface area (Å²) < 4.78 is 12.4. The first-order valence-electron chi connectivity index (χ1n) is 10.2. The molecule has 0 aliphatic rings. The Bertz CT molecular complexity index is 490. The van der Waals surface area contributed by atoms with Gasteiger partial charge in [-0.25, -0.2) is 0 Å². The van der Waals surface area contributed by atoms with Crippen molar-refractivity contribution in [3.63, 3.8) is 0 Å². The predicted octanol–water partition coefficient (Wildman–Crippen LogP) is 4.72. The van der Waals surface area contributed by atoms with Crippen LogP contribution in [0.1, 0.15) is 54.4 Å². The first kappa shape index (κ1) is 27.3. The number of rotatable bonds is 11. The summed E-state index contributed by atoms with van der Waals surface area (Å²) in [4.78, 5) is 25.1. The van der Waals surface area contributed by atoms with E-state index in [1.165, 1.54) is 0 Å². The van der Waals surface area contributed by atoms with Gasteiger partial charge in [-0.05, 0) is 36.3 Å². The van der Waals surface area contributed by atoms with E-state index in [-0.39, 0.29) is 28.8 Å². The summed E-state index contributed by atoms with van der Waals surface area (Å²) in [6, 6.07) is 0. The molecule has 1 N–H and O–H groups in total. The largest absolute Gasteiger partial charge is 0.481 e. The second-order valence-corrected chi connectivity index (χ2v) is 20.1. The molecule has 0 aliphatic heterocycles. The summed E-state index contributed by atoms with van der Waals surface area (Å²) in [5.74, 6) is -1.11. The highest BCUT2D eigenvalue weighted by atomic mass is 28.4. The van der Waals surface area contributed by atoms with E-state index >= 15 is 0 Å². The van der Waals surface area contributed by atoms with E-state index in [9.17, 15) is 9.59 Å². The molecule has 166 valence electrons. The molecule has 0 saturated heterocycles. The van der Waals surface area contributed by atoms with Crippen LogP contribution in [-0.2, 0) is 18.4 Å². The molecule has 0 atom stereocenters. The van der Waals surface area contributed by atoms with Crippen molar-refractivity contribution in [2.75, 3.05) is 26.3 Å². The van der Waals surface area contributed by atoms with Crippen molar-refractivity contribution >= 4 is 28.5 Å². The highest BCUT2D eigenvalue weighted by molar-refractivity contribution is 6.74. The SMILES string of the molecule is CC(C)(C)[Si](C)(C)OCCN(CCO[Si](C)(C)C(C)(C)C)C(=O)CCC(=O)O. The lowest BCUT2D eigenvalue weighted by Crippen LogP contribution is -2.45. The third-order valence-electron chi connectivity index (χ3n) is 6.17. The van der Waals surface area contributed by atoms with Crippen LogP contribution in [0.3, 0.4) is 0 Å². The molecule has 0 saturated carbocycles. The van der Waals surface area contributed by atoms with E-state index in [4.69, 9.17) is 14.0 Å². The zero-order chi connectivity index (χ0) is 22.4. The van der Waals surface area contributed by atoms with Gasteiger partial charge >= 0.3 is 5.97 Å². The van der Waals surface area contributed by atoms with Crippen LogP contribution in [0.2, 0.25) is 36.3 Å². The zero-order valence-corrected chi connectivity index (χ0v) is 21.8. The highest BCUT2D eigenvalue weighted by Crippen LogP contribution is 2.37. The van der Waals surface area contributed by atoms with E-state index in [1.54, 1.807) is 4.90 Å². The first-order chi connectivity index (χ1) is 12.4. The Kier molecular flexibility index (Phi) is 10.1. The smallest absolute Gasteiger partial charge is 0.303 e.